The third-order valence-electron chi connectivity index (χ3n) is 4.75. The maximum absolute atomic E-state index is 6.33. The zero-order chi connectivity index (χ0) is 15.0. The first-order chi connectivity index (χ1) is 10.0. The van der Waals surface area contributed by atoms with Crippen molar-refractivity contribution in [3.63, 3.8) is 0 Å². The van der Waals surface area contributed by atoms with Crippen LogP contribution in [-0.2, 0) is 12.5 Å². The molecule has 112 valence electrons. The maximum Gasteiger partial charge on any atom is 0.129 e. The molecule has 0 saturated heterocycles. The van der Waals surface area contributed by atoms with Gasteiger partial charge in [0.25, 0.3) is 0 Å². The van der Waals surface area contributed by atoms with Gasteiger partial charge in [0.05, 0.1) is 5.69 Å². The van der Waals surface area contributed by atoms with Crippen LogP contribution in [0.2, 0.25) is 0 Å². The molecular formula is C17H22BrN3. The first kappa shape index (κ1) is 14.6. The van der Waals surface area contributed by atoms with Gasteiger partial charge in [-0.1, -0.05) is 54.2 Å². The quantitative estimate of drug-likeness (QED) is 0.858. The molecule has 3 rings (SSSR count). The van der Waals surface area contributed by atoms with Crippen molar-refractivity contribution in [3.05, 3.63) is 34.4 Å². The lowest BCUT2D eigenvalue weighted by Gasteiger charge is -2.33. The smallest absolute Gasteiger partial charge is 0.129 e. The molecule has 1 aromatic carbocycles. The second kappa shape index (κ2) is 5.48. The monoisotopic (exact) mass is 347 g/mol. The van der Waals surface area contributed by atoms with Gasteiger partial charge in [-0.05, 0) is 30.5 Å². The van der Waals surface area contributed by atoms with E-state index in [2.05, 4.69) is 47.1 Å². The molecule has 0 radical (unpaired) electrons. The number of anilines is 1. The van der Waals surface area contributed by atoms with Gasteiger partial charge in [-0.3, -0.25) is 4.68 Å². The molecule has 3 nitrogen and oxygen atoms in total. The van der Waals surface area contributed by atoms with Crippen molar-refractivity contribution in [3.8, 4) is 11.1 Å². The third-order valence-corrected chi connectivity index (χ3v) is 5.28. The van der Waals surface area contributed by atoms with Gasteiger partial charge in [0, 0.05) is 22.5 Å². The Labute approximate surface area is 134 Å². The summed E-state index contributed by atoms with van der Waals surface area (Å²) in [5.74, 6) is 0.763. The van der Waals surface area contributed by atoms with Crippen LogP contribution in [-0.4, -0.2) is 9.78 Å². The summed E-state index contributed by atoms with van der Waals surface area (Å²) < 4.78 is 2.91. The summed E-state index contributed by atoms with van der Waals surface area (Å²) in [6.45, 7) is 2.34. The lowest BCUT2D eigenvalue weighted by atomic mass is 9.72. The highest BCUT2D eigenvalue weighted by molar-refractivity contribution is 9.10. The number of benzene rings is 1. The van der Waals surface area contributed by atoms with Crippen LogP contribution in [0.25, 0.3) is 11.1 Å². The van der Waals surface area contributed by atoms with Crippen LogP contribution in [0.3, 0.4) is 0 Å². The van der Waals surface area contributed by atoms with Crippen molar-refractivity contribution in [2.45, 2.75) is 44.4 Å². The van der Waals surface area contributed by atoms with Gasteiger partial charge in [-0.15, -0.1) is 0 Å². The SMILES string of the molecule is Cn1nc(C2(C)CCCCC2)c(-c2ccc(Br)cc2)c1N. The second-order valence-electron chi connectivity index (χ2n) is 6.36. The van der Waals surface area contributed by atoms with Gasteiger partial charge in [-0.25, -0.2) is 0 Å². The fourth-order valence-corrected chi connectivity index (χ4v) is 3.69. The van der Waals surface area contributed by atoms with Gasteiger partial charge in [0.15, 0.2) is 0 Å². The highest BCUT2D eigenvalue weighted by atomic mass is 79.9. The summed E-state index contributed by atoms with van der Waals surface area (Å²) >= 11 is 3.50. The fraction of sp³-hybridized carbons (Fsp3) is 0.471. The average Bonchev–Trinajstić information content (AvgIpc) is 2.78. The Kier molecular flexibility index (Phi) is 3.82. The number of nitrogens with two attached hydrogens (primary N) is 1. The Hall–Kier alpha value is -1.29. The molecule has 1 fully saturated rings. The van der Waals surface area contributed by atoms with Crippen LogP contribution in [0, 0.1) is 0 Å². The molecular weight excluding hydrogens is 326 g/mol. The van der Waals surface area contributed by atoms with E-state index in [1.807, 2.05) is 11.7 Å². The van der Waals surface area contributed by atoms with Crippen molar-refractivity contribution in [2.24, 2.45) is 7.05 Å². The van der Waals surface area contributed by atoms with Crippen molar-refractivity contribution < 1.29 is 0 Å². The van der Waals surface area contributed by atoms with Gasteiger partial charge in [0.1, 0.15) is 5.82 Å². The lowest BCUT2D eigenvalue weighted by molar-refractivity contribution is 0.311. The fourth-order valence-electron chi connectivity index (χ4n) is 3.43. The zero-order valence-electron chi connectivity index (χ0n) is 12.7. The summed E-state index contributed by atoms with van der Waals surface area (Å²) in [7, 11) is 1.94. The van der Waals surface area contributed by atoms with E-state index in [0.29, 0.717) is 0 Å². The van der Waals surface area contributed by atoms with Gasteiger partial charge in [-0.2, -0.15) is 5.10 Å². The van der Waals surface area contributed by atoms with Crippen molar-refractivity contribution >= 4 is 21.7 Å². The first-order valence-corrected chi connectivity index (χ1v) is 8.39. The van der Waals surface area contributed by atoms with Crippen molar-refractivity contribution in [1.82, 2.24) is 9.78 Å². The van der Waals surface area contributed by atoms with E-state index in [-0.39, 0.29) is 5.41 Å². The Morgan fingerprint density at radius 1 is 1.14 bits per heavy atom. The highest BCUT2D eigenvalue weighted by Gasteiger charge is 2.35. The van der Waals surface area contributed by atoms with Crippen molar-refractivity contribution in [2.75, 3.05) is 5.73 Å². The minimum atomic E-state index is 0.149. The van der Waals surface area contributed by atoms with E-state index in [1.165, 1.54) is 37.8 Å². The van der Waals surface area contributed by atoms with E-state index in [4.69, 9.17) is 10.8 Å². The predicted octanol–water partition coefficient (Wildman–Crippen LogP) is 4.65. The molecule has 2 aromatic rings. The molecule has 1 heterocycles. The van der Waals surface area contributed by atoms with Gasteiger partial charge < -0.3 is 5.73 Å². The molecule has 4 heteroatoms. The number of rotatable bonds is 2. The summed E-state index contributed by atoms with van der Waals surface area (Å²) in [6, 6.07) is 8.36. The molecule has 0 aliphatic heterocycles. The van der Waals surface area contributed by atoms with Crippen LogP contribution >= 0.6 is 15.9 Å². The number of aryl methyl sites for hydroxylation is 1. The molecule has 1 aliphatic rings. The van der Waals surface area contributed by atoms with Crippen molar-refractivity contribution in [1.29, 1.82) is 0 Å². The summed E-state index contributed by atoms with van der Waals surface area (Å²) in [4.78, 5) is 0. The van der Waals surface area contributed by atoms with Crippen LogP contribution < -0.4 is 5.73 Å². The zero-order valence-corrected chi connectivity index (χ0v) is 14.3. The topological polar surface area (TPSA) is 43.8 Å². The number of nitrogen functional groups attached to an aromatic ring is 1. The predicted molar refractivity (Wildman–Crippen MR) is 91.2 cm³/mol. The number of aromatic nitrogens is 2. The first-order valence-electron chi connectivity index (χ1n) is 7.60. The number of halogens is 1. The Bertz CT molecular complexity index is 637. The molecule has 2 N–H and O–H groups in total. The van der Waals surface area contributed by atoms with Crippen LogP contribution in [0.5, 0.6) is 0 Å². The molecule has 1 aromatic heterocycles. The average molecular weight is 348 g/mol. The van der Waals surface area contributed by atoms with E-state index < -0.39 is 0 Å². The van der Waals surface area contributed by atoms with Gasteiger partial charge in [0.2, 0.25) is 0 Å². The molecule has 0 atom stereocenters. The van der Waals surface area contributed by atoms with Crippen LogP contribution in [0.15, 0.2) is 28.7 Å². The molecule has 0 unspecified atom stereocenters. The minimum absolute atomic E-state index is 0.149. The molecule has 0 bridgehead atoms. The number of hydrogen-bond donors (Lipinski definition) is 1. The van der Waals surface area contributed by atoms with Crippen LogP contribution in [0.4, 0.5) is 5.82 Å². The normalized spacial score (nSPS) is 17.9. The third kappa shape index (κ3) is 2.61. The van der Waals surface area contributed by atoms with E-state index >= 15 is 0 Å². The second-order valence-corrected chi connectivity index (χ2v) is 7.28. The largest absolute Gasteiger partial charge is 0.383 e. The standard InChI is InChI=1S/C17H22BrN3/c1-17(10-4-3-5-11-17)15-14(16(19)21(2)20-15)12-6-8-13(18)9-7-12/h6-9H,3-5,10-11,19H2,1-2H3. The highest BCUT2D eigenvalue weighted by Crippen LogP contribution is 2.44. The summed E-state index contributed by atoms with van der Waals surface area (Å²) in [5.41, 5.74) is 9.93. The molecule has 1 saturated carbocycles. The molecule has 1 aliphatic carbocycles. The minimum Gasteiger partial charge on any atom is -0.383 e. The Morgan fingerprint density at radius 3 is 2.38 bits per heavy atom. The Morgan fingerprint density at radius 2 is 1.76 bits per heavy atom. The van der Waals surface area contributed by atoms with E-state index in [1.54, 1.807) is 0 Å². The molecule has 0 spiro atoms. The van der Waals surface area contributed by atoms with E-state index in [0.717, 1.165) is 21.4 Å². The van der Waals surface area contributed by atoms with Gasteiger partial charge >= 0.3 is 0 Å². The number of nitrogens with zero attached hydrogens (tertiary/aromatic N) is 2. The maximum atomic E-state index is 6.33. The molecule has 21 heavy (non-hydrogen) atoms. The molecule has 0 amide bonds. The lowest BCUT2D eigenvalue weighted by Crippen LogP contribution is -2.26. The number of hydrogen-bond acceptors (Lipinski definition) is 2. The summed E-state index contributed by atoms with van der Waals surface area (Å²) in [5, 5.41) is 4.78. The summed E-state index contributed by atoms with van der Waals surface area (Å²) in [6.07, 6.45) is 6.31. The van der Waals surface area contributed by atoms with Crippen LogP contribution in [0.1, 0.15) is 44.7 Å². The van der Waals surface area contributed by atoms with E-state index in [9.17, 15) is 0 Å². The Balaban J connectivity index is 2.13.